The van der Waals surface area contributed by atoms with E-state index < -0.39 is 0 Å². The first-order valence-corrected chi connectivity index (χ1v) is 6.95. The van der Waals surface area contributed by atoms with Crippen LogP contribution < -0.4 is 11.1 Å². The molecule has 0 saturated heterocycles. The van der Waals surface area contributed by atoms with Crippen molar-refractivity contribution in [2.45, 2.75) is 31.8 Å². The Labute approximate surface area is 117 Å². The molecule has 4 N–H and O–H groups in total. The molecular weight excluding hydrogens is 264 g/mol. The summed E-state index contributed by atoms with van der Waals surface area (Å²) in [5.74, 6) is 0.162. The maximum absolute atomic E-state index is 12.0. The highest BCUT2D eigenvalue weighted by Gasteiger charge is 2.21. The van der Waals surface area contributed by atoms with E-state index in [1.807, 2.05) is 0 Å². The van der Waals surface area contributed by atoms with Crippen molar-refractivity contribution in [3.05, 3.63) is 28.8 Å². The van der Waals surface area contributed by atoms with E-state index in [-0.39, 0.29) is 12.0 Å². The van der Waals surface area contributed by atoms with E-state index in [0.29, 0.717) is 28.7 Å². The number of rotatable bonds is 3. The fraction of sp³-hybridized carbons (Fsp3) is 0.500. The van der Waals surface area contributed by atoms with Crippen LogP contribution in [0.3, 0.4) is 0 Å². The molecule has 4 nitrogen and oxygen atoms in total. The molecule has 0 spiro atoms. The zero-order chi connectivity index (χ0) is 13.8. The minimum absolute atomic E-state index is 0.186. The molecule has 1 aromatic rings. The summed E-state index contributed by atoms with van der Waals surface area (Å²) in [6.07, 6.45) is 3.47. The lowest BCUT2D eigenvalue weighted by atomic mass is 9.87. The number of aliphatic hydroxyl groups is 1. The van der Waals surface area contributed by atoms with Crippen molar-refractivity contribution in [1.82, 2.24) is 5.32 Å². The molecule has 1 aromatic carbocycles. The predicted octanol–water partition coefficient (Wildman–Crippen LogP) is 2.20. The smallest absolute Gasteiger partial charge is 0.253 e. The number of halogens is 1. The van der Waals surface area contributed by atoms with E-state index in [2.05, 4.69) is 5.32 Å². The van der Waals surface area contributed by atoms with Gasteiger partial charge in [0.15, 0.2) is 0 Å². The van der Waals surface area contributed by atoms with Crippen molar-refractivity contribution in [2.75, 3.05) is 12.3 Å². The average Bonchev–Trinajstić information content (AvgIpc) is 2.36. The van der Waals surface area contributed by atoms with Gasteiger partial charge in [0.25, 0.3) is 5.91 Å². The molecule has 0 aliphatic heterocycles. The maximum atomic E-state index is 12.0. The highest BCUT2D eigenvalue weighted by molar-refractivity contribution is 6.31. The van der Waals surface area contributed by atoms with Gasteiger partial charge in [-0.25, -0.2) is 0 Å². The van der Waals surface area contributed by atoms with E-state index in [9.17, 15) is 9.90 Å². The van der Waals surface area contributed by atoms with Crippen LogP contribution in [0.5, 0.6) is 0 Å². The van der Waals surface area contributed by atoms with Crippen LogP contribution in [0, 0.1) is 5.92 Å². The Bertz CT molecular complexity index is 465. The van der Waals surface area contributed by atoms with Crippen LogP contribution in [0.2, 0.25) is 5.02 Å². The Morgan fingerprint density at radius 2 is 2.26 bits per heavy atom. The Hall–Kier alpha value is -1.26. The quantitative estimate of drug-likeness (QED) is 0.744. The van der Waals surface area contributed by atoms with Gasteiger partial charge in [0.2, 0.25) is 0 Å². The number of anilines is 1. The Morgan fingerprint density at radius 1 is 1.47 bits per heavy atom. The Kier molecular flexibility index (Phi) is 4.66. The second kappa shape index (κ2) is 6.26. The van der Waals surface area contributed by atoms with E-state index >= 15 is 0 Å². The summed E-state index contributed by atoms with van der Waals surface area (Å²) >= 11 is 5.80. The van der Waals surface area contributed by atoms with Gasteiger partial charge in [-0.05, 0) is 43.4 Å². The highest BCUT2D eigenvalue weighted by atomic mass is 35.5. The lowest BCUT2D eigenvalue weighted by molar-refractivity contribution is 0.0874. The SMILES string of the molecule is Nc1cc(Cl)ccc1C(=O)NCC1CCCC(O)C1. The molecule has 1 fully saturated rings. The molecule has 1 amide bonds. The van der Waals surface area contributed by atoms with Gasteiger partial charge in [0, 0.05) is 17.3 Å². The third kappa shape index (κ3) is 3.85. The molecule has 2 rings (SSSR count). The summed E-state index contributed by atoms with van der Waals surface area (Å²) in [4.78, 5) is 12.0. The van der Waals surface area contributed by atoms with Crippen molar-refractivity contribution >= 4 is 23.2 Å². The molecule has 1 aliphatic carbocycles. The monoisotopic (exact) mass is 282 g/mol. The molecule has 1 aliphatic rings. The summed E-state index contributed by atoms with van der Waals surface area (Å²) < 4.78 is 0. The van der Waals surface area contributed by atoms with Crippen LogP contribution >= 0.6 is 11.6 Å². The topological polar surface area (TPSA) is 75.4 Å². The number of hydrogen-bond acceptors (Lipinski definition) is 3. The first-order chi connectivity index (χ1) is 9.06. The number of nitrogens with two attached hydrogens (primary N) is 1. The van der Waals surface area contributed by atoms with Crippen LogP contribution in [0.4, 0.5) is 5.69 Å². The number of amides is 1. The molecule has 1 saturated carbocycles. The van der Waals surface area contributed by atoms with Gasteiger partial charge in [-0.2, -0.15) is 0 Å². The first kappa shape index (κ1) is 14.2. The van der Waals surface area contributed by atoms with Crippen molar-refractivity contribution in [1.29, 1.82) is 0 Å². The lowest BCUT2D eigenvalue weighted by Gasteiger charge is -2.25. The van der Waals surface area contributed by atoms with Crippen molar-refractivity contribution in [3.63, 3.8) is 0 Å². The molecule has 0 heterocycles. The fourth-order valence-electron chi connectivity index (χ4n) is 2.52. The van der Waals surface area contributed by atoms with Crippen LogP contribution in [0.15, 0.2) is 18.2 Å². The summed E-state index contributed by atoms with van der Waals surface area (Å²) in [6.45, 7) is 0.581. The third-order valence-corrected chi connectivity index (χ3v) is 3.80. The largest absolute Gasteiger partial charge is 0.398 e. The van der Waals surface area contributed by atoms with E-state index in [0.717, 1.165) is 25.7 Å². The standard InChI is InChI=1S/C14H19ClN2O2/c15-10-4-5-12(13(16)7-10)14(19)17-8-9-2-1-3-11(18)6-9/h4-5,7,9,11,18H,1-3,6,8,16H2,(H,17,19). The molecule has 5 heteroatoms. The second-order valence-electron chi connectivity index (χ2n) is 5.13. The van der Waals surface area contributed by atoms with E-state index in [4.69, 9.17) is 17.3 Å². The van der Waals surface area contributed by atoms with Crippen LogP contribution in [-0.2, 0) is 0 Å². The van der Waals surface area contributed by atoms with Crippen molar-refractivity contribution in [2.24, 2.45) is 5.92 Å². The van der Waals surface area contributed by atoms with Gasteiger partial charge in [0.1, 0.15) is 0 Å². The number of nitrogen functional groups attached to an aromatic ring is 1. The number of benzene rings is 1. The number of carbonyl (C=O) groups excluding carboxylic acids is 1. The minimum Gasteiger partial charge on any atom is -0.398 e. The van der Waals surface area contributed by atoms with Crippen LogP contribution in [0.1, 0.15) is 36.0 Å². The summed E-state index contributed by atoms with van der Waals surface area (Å²) in [7, 11) is 0. The van der Waals surface area contributed by atoms with Gasteiger partial charge in [-0.15, -0.1) is 0 Å². The highest BCUT2D eigenvalue weighted by Crippen LogP contribution is 2.24. The van der Waals surface area contributed by atoms with Crippen molar-refractivity contribution in [3.8, 4) is 0 Å². The number of nitrogens with one attached hydrogen (secondary N) is 1. The minimum atomic E-state index is -0.226. The maximum Gasteiger partial charge on any atom is 0.253 e. The van der Waals surface area contributed by atoms with Gasteiger partial charge >= 0.3 is 0 Å². The van der Waals surface area contributed by atoms with Gasteiger partial charge in [0.05, 0.1) is 11.7 Å². The third-order valence-electron chi connectivity index (χ3n) is 3.56. The molecule has 0 radical (unpaired) electrons. The number of carbonyl (C=O) groups is 1. The number of hydrogen-bond donors (Lipinski definition) is 3. The fourth-order valence-corrected chi connectivity index (χ4v) is 2.70. The Balaban J connectivity index is 1.90. The van der Waals surface area contributed by atoms with E-state index in [1.165, 1.54) is 0 Å². The summed E-state index contributed by atoms with van der Waals surface area (Å²) in [5, 5.41) is 13.0. The zero-order valence-electron chi connectivity index (χ0n) is 10.7. The van der Waals surface area contributed by atoms with Crippen LogP contribution in [-0.4, -0.2) is 23.7 Å². The molecular formula is C14H19ClN2O2. The van der Waals surface area contributed by atoms with Crippen molar-refractivity contribution < 1.29 is 9.90 Å². The lowest BCUT2D eigenvalue weighted by Crippen LogP contribution is -2.33. The summed E-state index contributed by atoms with van der Waals surface area (Å²) in [5.41, 5.74) is 6.60. The van der Waals surface area contributed by atoms with Gasteiger partial charge in [-0.3, -0.25) is 4.79 Å². The normalized spacial score (nSPS) is 23.1. The van der Waals surface area contributed by atoms with Gasteiger partial charge in [-0.1, -0.05) is 18.0 Å². The van der Waals surface area contributed by atoms with Gasteiger partial charge < -0.3 is 16.2 Å². The molecule has 0 aromatic heterocycles. The Morgan fingerprint density at radius 3 is 2.95 bits per heavy atom. The molecule has 0 bridgehead atoms. The molecule has 2 atom stereocenters. The number of aliphatic hydroxyl groups excluding tert-OH is 1. The first-order valence-electron chi connectivity index (χ1n) is 6.57. The summed E-state index contributed by atoms with van der Waals surface area (Å²) in [6, 6.07) is 4.85. The second-order valence-corrected chi connectivity index (χ2v) is 5.56. The predicted molar refractivity (Wildman–Crippen MR) is 76.2 cm³/mol. The average molecular weight is 283 g/mol. The molecule has 19 heavy (non-hydrogen) atoms. The van der Waals surface area contributed by atoms with E-state index in [1.54, 1.807) is 18.2 Å². The van der Waals surface area contributed by atoms with Crippen LogP contribution in [0.25, 0.3) is 0 Å². The zero-order valence-corrected chi connectivity index (χ0v) is 11.5. The molecule has 104 valence electrons. The molecule has 2 unspecified atom stereocenters.